The van der Waals surface area contributed by atoms with Gasteiger partial charge in [0.05, 0.1) is 11.9 Å². The van der Waals surface area contributed by atoms with Gasteiger partial charge in [0.25, 0.3) is 5.91 Å². The van der Waals surface area contributed by atoms with E-state index in [0.29, 0.717) is 6.54 Å². The number of hydrogen-bond acceptors (Lipinski definition) is 4. The van der Waals surface area contributed by atoms with Gasteiger partial charge in [-0.1, -0.05) is 0 Å². The topological polar surface area (TPSA) is 82.8 Å². The highest BCUT2D eigenvalue weighted by Crippen LogP contribution is 2.07. The van der Waals surface area contributed by atoms with Crippen molar-refractivity contribution in [2.45, 2.75) is 39.3 Å². The molecule has 1 aromatic heterocycles. The molecule has 20 heavy (non-hydrogen) atoms. The van der Waals surface area contributed by atoms with Gasteiger partial charge in [-0.25, -0.2) is 0 Å². The SMILES string of the molecule is CCN(CC(C)(C)O)C(=O)C(C)NC(=O)c1ccco1. The Bertz CT molecular complexity index is 448. The summed E-state index contributed by atoms with van der Waals surface area (Å²) in [4.78, 5) is 25.5. The van der Waals surface area contributed by atoms with Crippen molar-refractivity contribution in [1.29, 1.82) is 0 Å². The van der Waals surface area contributed by atoms with Crippen molar-refractivity contribution in [2.24, 2.45) is 0 Å². The van der Waals surface area contributed by atoms with E-state index in [1.807, 2.05) is 6.92 Å². The second-order valence-corrected chi connectivity index (χ2v) is 5.34. The molecule has 1 heterocycles. The number of nitrogens with zero attached hydrogens (tertiary/aromatic N) is 1. The van der Waals surface area contributed by atoms with Crippen LogP contribution in [0.4, 0.5) is 0 Å². The molecule has 0 aliphatic carbocycles. The smallest absolute Gasteiger partial charge is 0.287 e. The van der Waals surface area contributed by atoms with Gasteiger partial charge in [-0.3, -0.25) is 9.59 Å². The Morgan fingerprint density at radius 2 is 2.15 bits per heavy atom. The molecule has 0 saturated carbocycles. The van der Waals surface area contributed by atoms with Crippen LogP contribution < -0.4 is 5.32 Å². The molecule has 2 amide bonds. The van der Waals surface area contributed by atoms with Gasteiger partial charge in [0.15, 0.2) is 5.76 Å². The van der Waals surface area contributed by atoms with E-state index < -0.39 is 17.6 Å². The van der Waals surface area contributed by atoms with E-state index in [1.54, 1.807) is 26.8 Å². The zero-order valence-electron chi connectivity index (χ0n) is 12.3. The average molecular weight is 282 g/mol. The number of nitrogens with one attached hydrogen (secondary N) is 1. The van der Waals surface area contributed by atoms with Crippen molar-refractivity contribution >= 4 is 11.8 Å². The summed E-state index contributed by atoms with van der Waals surface area (Å²) in [6.07, 6.45) is 1.40. The minimum atomic E-state index is -0.976. The second-order valence-electron chi connectivity index (χ2n) is 5.34. The fourth-order valence-electron chi connectivity index (χ4n) is 1.82. The van der Waals surface area contributed by atoms with Crippen molar-refractivity contribution < 1.29 is 19.1 Å². The van der Waals surface area contributed by atoms with Gasteiger partial charge < -0.3 is 19.7 Å². The molecule has 6 heteroatoms. The summed E-state index contributed by atoms with van der Waals surface area (Å²) in [7, 11) is 0. The fraction of sp³-hybridized carbons (Fsp3) is 0.571. The van der Waals surface area contributed by atoms with Crippen molar-refractivity contribution in [2.75, 3.05) is 13.1 Å². The molecule has 1 atom stereocenters. The zero-order chi connectivity index (χ0) is 15.3. The predicted molar refractivity (Wildman–Crippen MR) is 74.2 cm³/mol. The third-order valence-corrected chi connectivity index (χ3v) is 2.73. The summed E-state index contributed by atoms with van der Waals surface area (Å²) in [5, 5.41) is 12.4. The van der Waals surface area contributed by atoms with E-state index in [1.165, 1.54) is 17.2 Å². The van der Waals surface area contributed by atoms with Crippen molar-refractivity contribution in [3.05, 3.63) is 24.2 Å². The van der Waals surface area contributed by atoms with Gasteiger partial charge in [-0.15, -0.1) is 0 Å². The Balaban J connectivity index is 2.63. The van der Waals surface area contributed by atoms with Crippen LogP contribution in [0.5, 0.6) is 0 Å². The van der Waals surface area contributed by atoms with Gasteiger partial charge >= 0.3 is 0 Å². The van der Waals surface area contributed by atoms with Crippen molar-refractivity contribution in [1.82, 2.24) is 10.2 Å². The van der Waals surface area contributed by atoms with Crippen molar-refractivity contribution in [3.63, 3.8) is 0 Å². The van der Waals surface area contributed by atoms with Crippen LogP contribution in [0.15, 0.2) is 22.8 Å². The first-order valence-electron chi connectivity index (χ1n) is 6.60. The lowest BCUT2D eigenvalue weighted by molar-refractivity contribution is -0.135. The number of amides is 2. The molecule has 0 saturated heterocycles. The predicted octanol–water partition coefficient (Wildman–Crippen LogP) is 1.02. The molecule has 1 rings (SSSR count). The third kappa shape index (κ3) is 4.70. The van der Waals surface area contributed by atoms with E-state index in [-0.39, 0.29) is 18.2 Å². The van der Waals surface area contributed by atoms with E-state index in [9.17, 15) is 14.7 Å². The highest BCUT2D eigenvalue weighted by atomic mass is 16.3. The van der Waals surface area contributed by atoms with Crippen molar-refractivity contribution in [3.8, 4) is 0 Å². The number of carbonyl (C=O) groups excluding carboxylic acids is 2. The number of furan rings is 1. The first-order chi connectivity index (χ1) is 9.24. The van der Waals surface area contributed by atoms with Gasteiger partial charge in [-0.05, 0) is 39.8 Å². The number of likely N-dealkylation sites (N-methyl/N-ethyl adjacent to an activating group) is 1. The number of carbonyl (C=O) groups is 2. The van der Waals surface area contributed by atoms with Gasteiger partial charge in [-0.2, -0.15) is 0 Å². The minimum Gasteiger partial charge on any atom is -0.459 e. The van der Waals surface area contributed by atoms with E-state index in [2.05, 4.69) is 5.32 Å². The monoisotopic (exact) mass is 282 g/mol. The molecule has 0 bridgehead atoms. The largest absolute Gasteiger partial charge is 0.459 e. The van der Waals surface area contributed by atoms with Crippen LogP contribution in [0, 0.1) is 0 Å². The van der Waals surface area contributed by atoms with E-state index in [0.717, 1.165) is 0 Å². The second kappa shape index (κ2) is 6.56. The average Bonchev–Trinajstić information content (AvgIpc) is 2.87. The maximum atomic E-state index is 12.2. The molecule has 0 aromatic carbocycles. The van der Waals surface area contributed by atoms with E-state index >= 15 is 0 Å². The van der Waals surface area contributed by atoms with Crippen LogP contribution in [0.3, 0.4) is 0 Å². The van der Waals surface area contributed by atoms with Crippen LogP contribution in [0.1, 0.15) is 38.2 Å². The molecule has 1 aromatic rings. The van der Waals surface area contributed by atoms with E-state index in [4.69, 9.17) is 4.42 Å². The Kier molecular flexibility index (Phi) is 5.33. The first-order valence-corrected chi connectivity index (χ1v) is 6.60. The maximum absolute atomic E-state index is 12.2. The summed E-state index contributed by atoms with van der Waals surface area (Å²) in [6, 6.07) is 2.45. The molecule has 0 spiro atoms. The van der Waals surface area contributed by atoms with Crippen LogP contribution in [0.25, 0.3) is 0 Å². The summed E-state index contributed by atoms with van der Waals surface area (Å²) in [5.41, 5.74) is -0.976. The molecule has 1 unspecified atom stereocenters. The highest BCUT2D eigenvalue weighted by molar-refractivity contribution is 5.95. The van der Waals surface area contributed by atoms with Crippen LogP contribution >= 0.6 is 0 Å². The zero-order valence-corrected chi connectivity index (χ0v) is 12.3. The number of aliphatic hydroxyl groups is 1. The first kappa shape index (κ1) is 16.2. The lowest BCUT2D eigenvalue weighted by Gasteiger charge is -2.30. The van der Waals surface area contributed by atoms with Gasteiger partial charge in [0.2, 0.25) is 5.91 Å². The molecular formula is C14H22N2O4. The molecule has 0 fully saturated rings. The Morgan fingerprint density at radius 1 is 1.50 bits per heavy atom. The molecule has 112 valence electrons. The van der Waals surface area contributed by atoms with Crippen LogP contribution in [-0.2, 0) is 4.79 Å². The lowest BCUT2D eigenvalue weighted by atomic mass is 10.1. The molecule has 2 N–H and O–H groups in total. The molecule has 6 nitrogen and oxygen atoms in total. The highest BCUT2D eigenvalue weighted by Gasteiger charge is 2.26. The Hall–Kier alpha value is -1.82. The number of rotatable bonds is 6. The molecular weight excluding hydrogens is 260 g/mol. The lowest BCUT2D eigenvalue weighted by Crippen LogP contribution is -2.50. The minimum absolute atomic E-state index is 0.162. The van der Waals surface area contributed by atoms with Crippen LogP contribution in [-0.4, -0.2) is 46.6 Å². The Labute approximate surface area is 118 Å². The van der Waals surface area contributed by atoms with Gasteiger partial charge in [0, 0.05) is 13.1 Å². The third-order valence-electron chi connectivity index (χ3n) is 2.73. The molecule has 0 aliphatic heterocycles. The Morgan fingerprint density at radius 3 is 2.60 bits per heavy atom. The standard InChI is InChI=1S/C14H22N2O4/c1-5-16(9-14(3,4)19)13(18)10(2)15-12(17)11-7-6-8-20-11/h6-8,10,19H,5,9H2,1-4H3,(H,15,17). The molecule has 0 radical (unpaired) electrons. The summed E-state index contributed by atoms with van der Waals surface area (Å²) in [5.74, 6) is -0.514. The maximum Gasteiger partial charge on any atom is 0.287 e. The normalized spacial score (nSPS) is 12.8. The van der Waals surface area contributed by atoms with Crippen LogP contribution in [0.2, 0.25) is 0 Å². The fourth-order valence-corrected chi connectivity index (χ4v) is 1.82. The summed E-state index contributed by atoms with van der Waals surface area (Å²) >= 11 is 0. The summed E-state index contributed by atoms with van der Waals surface area (Å²) < 4.78 is 4.97. The molecule has 0 aliphatic rings. The van der Waals surface area contributed by atoms with Gasteiger partial charge in [0.1, 0.15) is 6.04 Å². The summed E-state index contributed by atoms with van der Waals surface area (Å²) in [6.45, 7) is 7.37. The number of hydrogen-bond donors (Lipinski definition) is 2. The quantitative estimate of drug-likeness (QED) is 0.816.